The summed E-state index contributed by atoms with van der Waals surface area (Å²) in [7, 11) is 0. The van der Waals surface area contributed by atoms with Gasteiger partial charge in [0.2, 0.25) is 6.10 Å². The van der Waals surface area contributed by atoms with Gasteiger partial charge in [0.15, 0.2) is 24.6 Å². The van der Waals surface area contributed by atoms with Crippen molar-refractivity contribution in [2.45, 2.75) is 136 Å². The van der Waals surface area contributed by atoms with Crippen molar-refractivity contribution in [3.8, 4) is 0 Å². The molecule has 5 atom stereocenters. The van der Waals surface area contributed by atoms with Gasteiger partial charge in [-0.15, -0.1) is 0 Å². The lowest BCUT2D eigenvalue weighted by molar-refractivity contribution is -0.777. The average Bonchev–Trinajstić information content (AvgIpc) is 2.90. The zero-order valence-electron chi connectivity index (χ0n) is 25.7. The van der Waals surface area contributed by atoms with E-state index in [0.717, 1.165) is 18.4 Å². The number of aryl methyl sites for hydroxylation is 1. The molecule has 0 amide bonds. The van der Waals surface area contributed by atoms with Crippen LogP contribution in [0.3, 0.4) is 0 Å². The normalized spacial score (nSPS) is 21.5. The highest BCUT2D eigenvalue weighted by Crippen LogP contribution is 2.32. The molecular weight excluding hydrogens is 610 g/mol. The fourth-order valence-electron chi connectivity index (χ4n) is 5.07. The van der Waals surface area contributed by atoms with Crippen molar-refractivity contribution in [2.75, 3.05) is 6.61 Å². The second-order valence-electron chi connectivity index (χ2n) is 10.7. The van der Waals surface area contributed by atoms with Gasteiger partial charge in [0.05, 0.1) is 0 Å². The molecule has 10 nitrogen and oxygen atoms in total. The predicted octanol–water partition coefficient (Wildman–Crippen LogP) is 1.70. The summed E-state index contributed by atoms with van der Waals surface area (Å²) < 4.78 is 29.6. The maximum Gasteiger partial charge on any atom is 0.304 e. The van der Waals surface area contributed by atoms with Crippen LogP contribution in [0.15, 0.2) is 24.5 Å². The largest absolute Gasteiger partial charge is 1.00 e. The number of ether oxygens (including phenoxy) is 5. The number of unbranched alkanes of at least 4 members (excludes halogenated alkanes) is 9. The maximum atomic E-state index is 12.1. The molecule has 0 radical (unpaired) electrons. The van der Waals surface area contributed by atoms with Crippen molar-refractivity contribution in [1.29, 1.82) is 0 Å². The predicted molar refractivity (Wildman–Crippen MR) is 149 cm³/mol. The number of rotatable bonds is 17. The summed E-state index contributed by atoms with van der Waals surface area (Å²) in [5.41, 5.74) is 1.16. The molecule has 1 aromatic rings. The van der Waals surface area contributed by atoms with Gasteiger partial charge in [0.1, 0.15) is 12.7 Å². The number of hydrogen-bond donors (Lipinski definition) is 0. The smallest absolute Gasteiger partial charge is 0.304 e. The number of halogens is 1. The summed E-state index contributed by atoms with van der Waals surface area (Å²) in [5.74, 6) is -2.50. The molecular formula is C31H48BrNO9. The van der Waals surface area contributed by atoms with E-state index >= 15 is 0 Å². The molecule has 0 saturated carbocycles. The molecule has 238 valence electrons. The molecule has 0 spiro atoms. The second-order valence-corrected chi connectivity index (χ2v) is 10.7. The van der Waals surface area contributed by atoms with E-state index in [1.165, 1.54) is 85.5 Å². The van der Waals surface area contributed by atoms with E-state index < -0.39 is 54.5 Å². The number of pyridine rings is 1. The summed E-state index contributed by atoms with van der Waals surface area (Å²) in [6, 6.07) is 3.95. The maximum absolute atomic E-state index is 12.1. The first-order chi connectivity index (χ1) is 19.6. The number of carbonyl (C=O) groups is 4. The minimum absolute atomic E-state index is 0. The lowest BCUT2D eigenvalue weighted by Gasteiger charge is -2.41. The molecule has 42 heavy (non-hydrogen) atoms. The Hall–Kier alpha value is -2.53. The van der Waals surface area contributed by atoms with Crippen LogP contribution in [-0.4, -0.2) is 54.9 Å². The number of hydrogen-bond acceptors (Lipinski definition) is 9. The monoisotopic (exact) mass is 657 g/mol. The van der Waals surface area contributed by atoms with Crippen LogP contribution in [0.5, 0.6) is 0 Å². The van der Waals surface area contributed by atoms with Crippen molar-refractivity contribution in [1.82, 2.24) is 0 Å². The van der Waals surface area contributed by atoms with E-state index in [9.17, 15) is 19.2 Å². The highest BCUT2D eigenvalue weighted by Gasteiger charge is 2.56. The minimum atomic E-state index is -1.20. The molecule has 0 aliphatic carbocycles. The number of aromatic nitrogens is 1. The Balaban J connectivity index is 0.00000882. The van der Waals surface area contributed by atoms with Gasteiger partial charge in [-0.05, 0) is 18.4 Å². The van der Waals surface area contributed by atoms with Crippen LogP contribution in [-0.2, 0) is 49.3 Å². The fourth-order valence-corrected chi connectivity index (χ4v) is 5.07. The summed E-state index contributed by atoms with van der Waals surface area (Å²) in [4.78, 5) is 47.6. The Labute approximate surface area is 260 Å². The van der Waals surface area contributed by atoms with Crippen LogP contribution in [0.25, 0.3) is 0 Å². The number of carbonyl (C=O) groups excluding carboxylic acids is 4. The Morgan fingerprint density at radius 3 is 1.67 bits per heavy atom. The van der Waals surface area contributed by atoms with Crippen molar-refractivity contribution < 1.29 is 64.4 Å². The summed E-state index contributed by atoms with van der Waals surface area (Å²) >= 11 is 0. The van der Waals surface area contributed by atoms with Gasteiger partial charge in [-0.1, -0.05) is 64.7 Å². The van der Waals surface area contributed by atoms with Crippen LogP contribution >= 0.6 is 0 Å². The Kier molecular flexibility index (Phi) is 18.2. The number of nitrogens with zero attached hydrogens (tertiary/aromatic N) is 1. The first-order valence-corrected chi connectivity index (χ1v) is 14.9. The molecule has 0 unspecified atom stereocenters. The van der Waals surface area contributed by atoms with Crippen molar-refractivity contribution in [2.24, 2.45) is 0 Å². The second kappa shape index (κ2) is 20.4. The van der Waals surface area contributed by atoms with Gasteiger partial charge in [-0.25, -0.2) is 0 Å². The third-order valence-corrected chi connectivity index (χ3v) is 7.00. The van der Waals surface area contributed by atoms with E-state index in [4.69, 9.17) is 23.7 Å². The van der Waals surface area contributed by atoms with Crippen LogP contribution in [0, 0.1) is 0 Å². The van der Waals surface area contributed by atoms with Crippen LogP contribution in [0.2, 0.25) is 0 Å². The third kappa shape index (κ3) is 13.6. The van der Waals surface area contributed by atoms with E-state index in [-0.39, 0.29) is 23.6 Å². The van der Waals surface area contributed by atoms with E-state index in [0.29, 0.717) is 0 Å². The van der Waals surface area contributed by atoms with Gasteiger partial charge in [0.25, 0.3) is 0 Å². The van der Waals surface area contributed by atoms with Gasteiger partial charge in [-0.2, -0.15) is 4.57 Å². The van der Waals surface area contributed by atoms with E-state index in [1.54, 1.807) is 4.57 Å². The molecule has 2 heterocycles. The average molecular weight is 659 g/mol. The molecule has 1 saturated heterocycles. The first-order valence-electron chi connectivity index (χ1n) is 14.9. The molecule has 1 aromatic heterocycles. The zero-order chi connectivity index (χ0) is 30.2. The zero-order valence-corrected chi connectivity index (χ0v) is 27.3. The molecule has 1 fully saturated rings. The molecule has 0 bridgehead atoms. The molecule has 2 rings (SSSR count). The van der Waals surface area contributed by atoms with Crippen molar-refractivity contribution >= 4 is 23.9 Å². The van der Waals surface area contributed by atoms with Crippen LogP contribution in [0.4, 0.5) is 0 Å². The molecule has 1 aliphatic heterocycles. The first kappa shape index (κ1) is 37.5. The van der Waals surface area contributed by atoms with Gasteiger partial charge >= 0.3 is 30.1 Å². The highest BCUT2D eigenvalue weighted by atomic mass is 79.9. The van der Waals surface area contributed by atoms with E-state index in [2.05, 4.69) is 6.92 Å². The summed E-state index contributed by atoms with van der Waals surface area (Å²) in [6.07, 6.45) is 11.9. The fraction of sp³-hybridized carbons (Fsp3) is 0.710. The third-order valence-electron chi connectivity index (χ3n) is 7.00. The van der Waals surface area contributed by atoms with Crippen LogP contribution < -0.4 is 21.5 Å². The SMILES string of the molecule is CCCCCCCCCCCCc1cc[n+]([C@@H]2O[C@H](COC(C)=O)[C@@H](OC(C)=O)[C@H](OC(C)=O)[C@H]2OC(C)=O)cc1.[Br-]. The van der Waals surface area contributed by atoms with E-state index in [1.807, 2.05) is 24.5 Å². The van der Waals surface area contributed by atoms with Gasteiger partial charge < -0.3 is 40.7 Å². The molecule has 0 aromatic carbocycles. The highest BCUT2D eigenvalue weighted by molar-refractivity contribution is 5.68. The Morgan fingerprint density at radius 1 is 0.690 bits per heavy atom. The standard InChI is InChI=1S/C31H48NO9.BrH/c1-6-7-8-9-10-11-12-13-14-15-16-26-17-19-32(20-18-26)31-30(40-25(5)36)29(39-24(4)35)28(38-23(3)34)27(41-31)21-37-22(2)33;/h17-20,27-31H,6-16,21H2,1-5H3;1H/q+1;/p-1/t27-,28-,29+,30-,31-;/m1./s1. The Morgan fingerprint density at radius 2 is 1.17 bits per heavy atom. The van der Waals surface area contributed by atoms with Gasteiger partial charge in [-0.3, -0.25) is 19.2 Å². The van der Waals surface area contributed by atoms with Crippen molar-refractivity contribution in [3.05, 3.63) is 30.1 Å². The van der Waals surface area contributed by atoms with Crippen LogP contribution in [0.1, 0.15) is 111 Å². The molecule has 0 N–H and O–H groups in total. The lowest BCUT2D eigenvalue weighted by Crippen LogP contribution is -3.00. The number of esters is 4. The van der Waals surface area contributed by atoms with Crippen molar-refractivity contribution in [3.63, 3.8) is 0 Å². The van der Waals surface area contributed by atoms with Gasteiger partial charge in [0, 0.05) is 39.8 Å². The quantitative estimate of drug-likeness (QED) is 0.107. The Bertz CT molecular complexity index is 972. The summed E-state index contributed by atoms with van der Waals surface area (Å²) in [5, 5.41) is 0. The molecule has 1 aliphatic rings. The molecule has 11 heteroatoms. The lowest BCUT2D eigenvalue weighted by atomic mass is 9.97. The minimum Gasteiger partial charge on any atom is -1.00 e. The topological polar surface area (TPSA) is 118 Å². The summed E-state index contributed by atoms with van der Waals surface area (Å²) in [6.45, 7) is 6.86.